The second kappa shape index (κ2) is 8.00. The summed E-state index contributed by atoms with van der Waals surface area (Å²) in [6.45, 7) is 0.772. The molecule has 0 unspecified atom stereocenters. The zero-order valence-corrected chi connectivity index (χ0v) is 13.9. The van der Waals surface area contributed by atoms with E-state index >= 15 is 0 Å². The Morgan fingerprint density at radius 2 is 1.83 bits per heavy atom. The number of hydrogen-bond acceptors (Lipinski definition) is 2. The van der Waals surface area contributed by atoms with Gasteiger partial charge in [0.1, 0.15) is 5.75 Å². The molecule has 0 radical (unpaired) electrons. The number of carboxylic acid groups (broad SMARTS) is 1. The van der Waals surface area contributed by atoms with E-state index in [2.05, 4.69) is 18.2 Å². The van der Waals surface area contributed by atoms with Crippen LogP contribution in [0, 0.1) is 5.92 Å². The normalized spacial score (nSPS) is 14.7. The lowest BCUT2D eigenvalue weighted by atomic mass is 9.99. The quantitative estimate of drug-likeness (QED) is 0.784. The number of hydrogen-bond donors (Lipinski definition) is 1. The van der Waals surface area contributed by atoms with E-state index in [1.54, 1.807) is 0 Å². The second-order valence-electron chi connectivity index (χ2n) is 6.55. The summed E-state index contributed by atoms with van der Waals surface area (Å²) in [5.41, 5.74) is 3.19. The lowest BCUT2D eigenvalue weighted by molar-refractivity contribution is -0.136. The molecule has 3 rings (SSSR count). The Bertz CT molecular complexity index is 673. The maximum Gasteiger partial charge on any atom is 0.303 e. The molecular weight excluding hydrogens is 300 g/mol. The molecule has 0 atom stereocenters. The summed E-state index contributed by atoms with van der Waals surface area (Å²) in [4.78, 5) is 10.8. The van der Waals surface area contributed by atoms with Crippen molar-refractivity contribution >= 4 is 5.97 Å². The SMILES string of the molecule is O=C(O)CCc1ccc(OCC2CCCC2)c(-c2ccccc2)c1. The molecule has 2 aromatic rings. The van der Waals surface area contributed by atoms with Crippen LogP contribution in [0.5, 0.6) is 5.75 Å². The van der Waals surface area contributed by atoms with Crippen LogP contribution in [0.1, 0.15) is 37.7 Å². The summed E-state index contributed by atoms with van der Waals surface area (Å²) < 4.78 is 6.14. The van der Waals surface area contributed by atoms with Crippen LogP contribution in [0.4, 0.5) is 0 Å². The van der Waals surface area contributed by atoms with E-state index in [-0.39, 0.29) is 6.42 Å². The minimum atomic E-state index is -0.766. The van der Waals surface area contributed by atoms with E-state index in [1.165, 1.54) is 25.7 Å². The van der Waals surface area contributed by atoms with Gasteiger partial charge in [0.2, 0.25) is 0 Å². The Kier molecular flexibility index (Phi) is 5.52. The first-order valence-corrected chi connectivity index (χ1v) is 8.75. The highest BCUT2D eigenvalue weighted by molar-refractivity contribution is 5.72. The van der Waals surface area contributed by atoms with E-state index in [4.69, 9.17) is 9.84 Å². The van der Waals surface area contributed by atoms with Gasteiger partial charge in [0, 0.05) is 12.0 Å². The molecule has 0 aromatic heterocycles. The smallest absolute Gasteiger partial charge is 0.303 e. The average Bonchev–Trinajstić information content (AvgIpc) is 3.13. The first-order chi connectivity index (χ1) is 11.7. The Morgan fingerprint density at radius 1 is 1.08 bits per heavy atom. The van der Waals surface area contributed by atoms with Crippen molar-refractivity contribution < 1.29 is 14.6 Å². The van der Waals surface area contributed by atoms with Gasteiger partial charge in [0.25, 0.3) is 0 Å². The topological polar surface area (TPSA) is 46.5 Å². The summed E-state index contributed by atoms with van der Waals surface area (Å²) in [7, 11) is 0. The molecule has 0 amide bonds. The highest BCUT2D eigenvalue weighted by Crippen LogP contribution is 2.33. The summed E-state index contributed by atoms with van der Waals surface area (Å²) in [5, 5.41) is 8.90. The van der Waals surface area contributed by atoms with E-state index < -0.39 is 5.97 Å². The van der Waals surface area contributed by atoms with Crippen LogP contribution in [0.15, 0.2) is 48.5 Å². The summed E-state index contributed by atoms with van der Waals surface area (Å²) >= 11 is 0. The predicted octanol–water partition coefficient (Wildman–Crippen LogP) is 4.94. The van der Waals surface area contributed by atoms with Crippen molar-refractivity contribution in [2.75, 3.05) is 6.61 Å². The highest BCUT2D eigenvalue weighted by atomic mass is 16.5. The van der Waals surface area contributed by atoms with Crippen molar-refractivity contribution in [2.45, 2.75) is 38.5 Å². The van der Waals surface area contributed by atoms with E-state index in [1.807, 2.05) is 30.3 Å². The predicted molar refractivity (Wildman–Crippen MR) is 95.3 cm³/mol. The van der Waals surface area contributed by atoms with Gasteiger partial charge in [-0.3, -0.25) is 4.79 Å². The molecule has 0 saturated heterocycles. The van der Waals surface area contributed by atoms with Gasteiger partial charge in [-0.1, -0.05) is 49.2 Å². The number of carbonyl (C=O) groups is 1. The average molecular weight is 324 g/mol. The van der Waals surface area contributed by atoms with Crippen LogP contribution < -0.4 is 4.74 Å². The third-order valence-electron chi connectivity index (χ3n) is 4.71. The molecule has 2 aromatic carbocycles. The van der Waals surface area contributed by atoms with Gasteiger partial charge in [0.15, 0.2) is 0 Å². The van der Waals surface area contributed by atoms with Crippen molar-refractivity contribution in [3.8, 4) is 16.9 Å². The maximum absolute atomic E-state index is 10.8. The third-order valence-corrected chi connectivity index (χ3v) is 4.71. The third kappa shape index (κ3) is 4.38. The highest BCUT2D eigenvalue weighted by Gasteiger charge is 2.17. The first-order valence-electron chi connectivity index (χ1n) is 8.75. The largest absolute Gasteiger partial charge is 0.493 e. The number of rotatable bonds is 7. The van der Waals surface area contributed by atoms with Gasteiger partial charge in [0.05, 0.1) is 6.61 Å². The molecule has 1 aliphatic rings. The Hall–Kier alpha value is -2.29. The number of aryl methyl sites for hydroxylation is 1. The minimum absolute atomic E-state index is 0.149. The number of carboxylic acids is 1. The maximum atomic E-state index is 10.8. The van der Waals surface area contributed by atoms with Gasteiger partial charge >= 0.3 is 5.97 Å². The molecule has 1 fully saturated rings. The molecule has 126 valence electrons. The number of benzene rings is 2. The van der Waals surface area contributed by atoms with Crippen molar-refractivity contribution in [2.24, 2.45) is 5.92 Å². The van der Waals surface area contributed by atoms with Crippen molar-refractivity contribution in [3.63, 3.8) is 0 Å². The van der Waals surface area contributed by atoms with E-state index in [0.29, 0.717) is 12.3 Å². The van der Waals surface area contributed by atoms with Crippen molar-refractivity contribution in [1.82, 2.24) is 0 Å². The van der Waals surface area contributed by atoms with E-state index in [0.717, 1.165) is 29.0 Å². The zero-order chi connectivity index (χ0) is 16.8. The first kappa shape index (κ1) is 16.6. The van der Waals surface area contributed by atoms with Crippen LogP contribution in [-0.2, 0) is 11.2 Å². The van der Waals surface area contributed by atoms with Crippen molar-refractivity contribution in [3.05, 3.63) is 54.1 Å². The molecule has 3 nitrogen and oxygen atoms in total. The fourth-order valence-electron chi connectivity index (χ4n) is 3.34. The number of aliphatic carboxylic acids is 1. The molecule has 0 bridgehead atoms. The standard InChI is InChI=1S/C21H24O3/c22-21(23)13-11-16-10-12-20(24-15-17-6-4-5-7-17)19(14-16)18-8-2-1-3-9-18/h1-3,8-10,12,14,17H,4-7,11,13,15H2,(H,22,23). The van der Waals surface area contributed by atoms with Gasteiger partial charge in [-0.25, -0.2) is 0 Å². The van der Waals surface area contributed by atoms with Gasteiger partial charge < -0.3 is 9.84 Å². The zero-order valence-electron chi connectivity index (χ0n) is 13.9. The lowest BCUT2D eigenvalue weighted by Crippen LogP contribution is -2.09. The molecule has 1 saturated carbocycles. The van der Waals surface area contributed by atoms with Crippen LogP contribution >= 0.6 is 0 Å². The van der Waals surface area contributed by atoms with Crippen LogP contribution in [-0.4, -0.2) is 17.7 Å². The molecule has 3 heteroatoms. The van der Waals surface area contributed by atoms with E-state index in [9.17, 15) is 4.79 Å². The molecule has 1 N–H and O–H groups in total. The Morgan fingerprint density at radius 3 is 2.54 bits per heavy atom. The molecule has 0 aliphatic heterocycles. The Labute approximate surface area is 143 Å². The monoisotopic (exact) mass is 324 g/mol. The molecule has 24 heavy (non-hydrogen) atoms. The molecule has 1 aliphatic carbocycles. The summed E-state index contributed by atoms with van der Waals surface area (Å²) in [6, 6.07) is 16.2. The lowest BCUT2D eigenvalue weighted by Gasteiger charge is -2.16. The minimum Gasteiger partial charge on any atom is -0.493 e. The summed E-state index contributed by atoms with van der Waals surface area (Å²) in [5.74, 6) is 0.797. The fourth-order valence-corrected chi connectivity index (χ4v) is 3.34. The Balaban J connectivity index is 1.81. The summed E-state index contributed by atoms with van der Waals surface area (Å²) in [6.07, 6.45) is 5.84. The van der Waals surface area contributed by atoms with Gasteiger partial charge in [-0.2, -0.15) is 0 Å². The number of ether oxygens (including phenoxy) is 1. The van der Waals surface area contributed by atoms with Crippen LogP contribution in [0.25, 0.3) is 11.1 Å². The second-order valence-corrected chi connectivity index (χ2v) is 6.55. The fraction of sp³-hybridized carbons (Fsp3) is 0.381. The van der Waals surface area contributed by atoms with Crippen LogP contribution in [0.2, 0.25) is 0 Å². The molecule has 0 heterocycles. The van der Waals surface area contributed by atoms with Crippen molar-refractivity contribution in [1.29, 1.82) is 0 Å². The molecular formula is C21H24O3. The molecule has 0 spiro atoms. The van der Waals surface area contributed by atoms with Crippen LogP contribution in [0.3, 0.4) is 0 Å². The van der Waals surface area contributed by atoms with Gasteiger partial charge in [-0.05, 0) is 48.4 Å². The van der Waals surface area contributed by atoms with Gasteiger partial charge in [-0.15, -0.1) is 0 Å².